The molecule has 3 fully saturated rings. The third kappa shape index (κ3) is 4.38. The van der Waals surface area contributed by atoms with Crippen LogP contribution in [0.15, 0.2) is 29.2 Å². The van der Waals surface area contributed by atoms with Gasteiger partial charge in [0.2, 0.25) is 15.9 Å². The lowest BCUT2D eigenvalue weighted by molar-refractivity contribution is -0.122. The van der Waals surface area contributed by atoms with E-state index in [0.29, 0.717) is 18.2 Å². The molecule has 0 radical (unpaired) electrons. The van der Waals surface area contributed by atoms with E-state index in [-0.39, 0.29) is 35.8 Å². The molecule has 0 atom stereocenters. The van der Waals surface area contributed by atoms with Crippen LogP contribution < -0.4 is 5.32 Å². The number of hydrogen-bond acceptors (Lipinski definition) is 5. The highest BCUT2D eigenvalue weighted by molar-refractivity contribution is 7.89. The van der Waals surface area contributed by atoms with E-state index < -0.39 is 10.0 Å². The quantitative estimate of drug-likeness (QED) is 0.718. The van der Waals surface area contributed by atoms with Crippen molar-refractivity contribution in [3.8, 4) is 0 Å². The molecule has 0 bridgehead atoms. The largest absolute Gasteiger partial charge is 0.354 e. The number of carbonyl (C=O) groups is 2. The minimum Gasteiger partial charge on any atom is -0.354 e. The zero-order chi connectivity index (χ0) is 21.3. The lowest BCUT2D eigenvalue weighted by atomic mass is 10.0. The molecule has 0 unspecified atom stereocenters. The summed E-state index contributed by atoms with van der Waals surface area (Å²) in [7, 11) is -3.75. The SMILES string of the molecule is CCN1CCC(N(C(=O)c2ccc(S(=O)(=O)N3CCNC(=O)C3)cc2)C2CC2)CC1. The smallest absolute Gasteiger partial charge is 0.254 e. The number of piperazine rings is 1. The van der Waals surface area contributed by atoms with Gasteiger partial charge in [0.25, 0.3) is 5.91 Å². The van der Waals surface area contributed by atoms with Gasteiger partial charge in [-0.3, -0.25) is 9.59 Å². The fourth-order valence-electron chi connectivity index (χ4n) is 4.38. The van der Waals surface area contributed by atoms with E-state index in [9.17, 15) is 18.0 Å². The van der Waals surface area contributed by atoms with Crippen molar-refractivity contribution in [3.63, 3.8) is 0 Å². The molecule has 2 aliphatic heterocycles. The standard InChI is InChI=1S/C21H30N4O4S/c1-2-23-12-9-18(10-13-23)25(17-5-6-17)21(27)16-3-7-19(8-4-16)30(28,29)24-14-11-22-20(26)15-24/h3-4,7-8,17-18H,2,5-6,9-15H2,1H3,(H,22,26). The molecule has 0 aromatic heterocycles. The van der Waals surface area contributed by atoms with Crippen molar-refractivity contribution in [3.05, 3.63) is 29.8 Å². The summed E-state index contributed by atoms with van der Waals surface area (Å²) < 4.78 is 26.8. The topological polar surface area (TPSA) is 90.0 Å². The molecule has 0 spiro atoms. The van der Waals surface area contributed by atoms with Gasteiger partial charge in [-0.25, -0.2) is 8.42 Å². The molecule has 1 aromatic rings. The third-order valence-corrected chi connectivity index (χ3v) is 8.17. The molecule has 1 saturated carbocycles. The summed E-state index contributed by atoms with van der Waals surface area (Å²) in [5.41, 5.74) is 0.523. The Hall–Kier alpha value is -1.97. The zero-order valence-electron chi connectivity index (χ0n) is 17.4. The maximum absolute atomic E-state index is 13.3. The molecule has 8 nitrogen and oxygen atoms in total. The fraction of sp³-hybridized carbons (Fsp3) is 0.619. The maximum atomic E-state index is 13.3. The van der Waals surface area contributed by atoms with E-state index in [2.05, 4.69) is 17.1 Å². The second kappa shape index (κ2) is 8.64. The Morgan fingerprint density at radius 1 is 1.07 bits per heavy atom. The first-order valence-corrected chi connectivity index (χ1v) is 12.3. The Balaban J connectivity index is 1.48. The van der Waals surface area contributed by atoms with E-state index >= 15 is 0 Å². The summed E-state index contributed by atoms with van der Waals surface area (Å²) >= 11 is 0. The van der Waals surface area contributed by atoms with Gasteiger partial charge in [0.05, 0.1) is 11.4 Å². The van der Waals surface area contributed by atoms with Crippen molar-refractivity contribution in [2.24, 2.45) is 0 Å². The van der Waals surface area contributed by atoms with Crippen LogP contribution in [0.2, 0.25) is 0 Å². The van der Waals surface area contributed by atoms with Crippen LogP contribution in [-0.2, 0) is 14.8 Å². The number of nitrogens with one attached hydrogen (secondary N) is 1. The highest BCUT2D eigenvalue weighted by Gasteiger charge is 2.39. The maximum Gasteiger partial charge on any atom is 0.254 e. The van der Waals surface area contributed by atoms with Crippen LogP contribution in [0, 0.1) is 0 Å². The zero-order valence-corrected chi connectivity index (χ0v) is 18.2. The van der Waals surface area contributed by atoms with Gasteiger partial charge in [-0.1, -0.05) is 6.92 Å². The highest BCUT2D eigenvalue weighted by atomic mass is 32.2. The number of benzene rings is 1. The predicted octanol–water partition coefficient (Wildman–Crippen LogP) is 0.896. The summed E-state index contributed by atoms with van der Waals surface area (Å²) in [6.45, 7) is 5.61. The molecule has 3 aliphatic rings. The van der Waals surface area contributed by atoms with Gasteiger partial charge in [-0.15, -0.1) is 0 Å². The molecule has 2 saturated heterocycles. The van der Waals surface area contributed by atoms with Gasteiger partial charge in [0.1, 0.15) is 0 Å². The van der Waals surface area contributed by atoms with Crippen molar-refractivity contribution in [1.29, 1.82) is 0 Å². The number of sulfonamides is 1. The van der Waals surface area contributed by atoms with Gasteiger partial charge < -0.3 is 15.1 Å². The van der Waals surface area contributed by atoms with E-state index in [1.54, 1.807) is 12.1 Å². The van der Waals surface area contributed by atoms with Crippen LogP contribution in [0.1, 0.15) is 43.0 Å². The van der Waals surface area contributed by atoms with Crippen molar-refractivity contribution < 1.29 is 18.0 Å². The van der Waals surface area contributed by atoms with Crippen LogP contribution in [-0.4, -0.2) is 85.7 Å². The monoisotopic (exact) mass is 434 g/mol. The normalized spacial score (nSPS) is 22.0. The van der Waals surface area contributed by atoms with Crippen molar-refractivity contribution in [1.82, 2.24) is 19.4 Å². The molecule has 2 amide bonds. The van der Waals surface area contributed by atoms with Crippen LogP contribution in [0.4, 0.5) is 0 Å². The second-order valence-corrected chi connectivity index (χ2v) is 10.3. The van der Waals surface area contributed by atoms with Gasteiger partial charge in [0, 0.05) is 43.8 Å². The summed E-state index contributed by atoms with van der Waals surface area (Å²) in [4.78, 5) is 29.4. The van der Waals surface area contributed by atoms with E-state index in [1.165, 1.54) is 16.4 Å². The average molecular weight is 435 g/mol. The molecule has 2 heterocycles. The first-order valence-electron chi connectivity index (χ1n) is 10.8. The Labute approximate surface area is 178 Å². The molecule has 4 rings (SSSR count). The van der Waals surface area contributed by atoms with E-state index in [0.717, 1.165) is 45.3 Å². The minimum absolute atomic E-state index is 0.00579. The van der Waals surface area contributed by atoms with Crippen LogP contribution >= 0.6 is 0 Å². The summed E-state index contributed by atoms with van der Waals surface area (Å²) in [6.07, 6.45) is 4.06. The molecule has 1 aromatic carbocycles. The molecule has 164 valence electrons. The number of likely N-dealkylation sites (tertiary alicyclic amines) is 1. The number of amides is 2. The lowest BCUT2D eigenvalue weighted by Crippen LogP contribution is -2.49. The summed E-state index contributed by atoms with van der Waals surface area (Å²) in [6, 6.07) is 6.75. The van der Waals surface area contributed by atoms with Crippen molar-refractivity contribution in [2.75, 3.05) is 39.3 Å². The Kier molecular flexibility index (Phi) is 6.13. The summed E-state index contributed by atoms with van der Waals surface area (Å²) in [5, 5.41) is 2.63. The predicted molar refractivity (Wildman–Crippen MR) is 113 cm³/mol. The molecular formula is C21H30N4O4S. The molecule has 9 heteroatoms. The van der Waals surface area contributed by atoms with Gasteiger partial charge in [-0.05, 0) is 56.5 Å². The first-order chi connectivity index (χ1) is 14.4. The van der Waals surface area contributed by atoms with Gasteiger partial charge >= 0.3 is 0 Å². The molecule has 1 aliphatic carbocycles. The number of carbonyl (C=O) groups excluding carboxylic acids is 2. The number of hydrogen-bond donors (Lipinski definition) is 1. The number of rotatable bonds is 6. The van der Waals surface area contributed by atoms with Crippen molar-refractivity contribution >= 4 is 21.8 Å². The van der Waals surface area contributed by atoms with Crippen molar-refractivity contribution in [2.45, 2.75) is 49.6 Å². The first kappa shape index (κ1) is 21.3. The fourth-order valence-corrected chi connectivity index (χ4v) is 5.78. The van der Waals surface area contributed by atoms with Gasteiger partial charge in [-0.2, -0.15) is 4.31 Å². The van der Waals surface area contributed by atoms with E-state index in [1.807, 2.05) is 4.90 Å². The van der Waals surface area contributed by atoms with Gasteiger partial charge in [0.15, 0.2) is 0 Å². The minimum atomic E-state index is -3.75. The molecule has 1 N–H and O–H groups in total. The Bertz CT molecular complexity index is 890. The molecule has 30 heavy (non-hydrogen) atoms. The second-order valence-electron chi connectivity index (χ2n) is 8.32. The number of piperidine rings is 1. The number of nitrogens with zero attached hydrogens (tertiary/aromatic N) is 3. The average Bonchev–Trinajstić information content (AvgIpc) is 3.59. The summed E-state index contributed by atoms with van der Waals surface area (Å²) in [5.74, 6) is -0.306. The van der Waals surface area contributed by atoms with Crippen LogP contribution in [0.5, 0.6) is 0 Å². The Morgan fingerprint density at radius 3 is 2.27 bits per heavy atom. The Morgan fingerprint density at radius 2 is 1.70 bits per heavy atom. The molecular weight excluding hydrogens is 404 g/mol. The van der Waals surface area contributed by atoms with Crippen LogP contribution in [0.25, 0.3) is 0 Å². The lowest BCUT2D eigenvalue weighted by Gasteiger charge is -2.38. The highest BCUT2D eigenvalue weighted by Crippen LogP contribution is 2.33. The van der Waals surface area contributed by atoms with E-state index in [4.69, 9.17) is 0 Å². The third-order valence-electron chi connectivity index (χ3n) is 6.31. The van der Waals surface area contributed by atoms with Crippen LogP contribution in [0.3, 0.4) is 0 Å².